The molecule has 4 N–H and O–H groups in total. The molecule has 7 atom stereocenters. The summed E-state index contributed by atoms with van der Waals surface area (Å²) in [4.78, 5) is 92.8. The molecule has 2 aliphatic carbocycles. The molecule has 2 aromatic rings. The van der Waals surface area contributed by atoms with Crippen LogP contribution in [0.4, 0.5) is 0 Å². The molecule has 1 saturated heterocycles. The highest BCUT2D eigenvalue weighted by molar-refractivity contribution is 6.38. The molecule has 292 valence electrons. The molecule has 2 saturated carbocycles. The average Bonchev–Trinajstić information content (AvgIpc) is 3.77. The van der Waals surface area contributed by atoms with Crippen LogP contribution in [0.1, 0.15) is 121 Å². The van der Waals surface area contributed by atoms with Crippen LogP contribution in [-0.4, -0.2) is 80.9 Å². The normalized spacial score (nSPS) is 22.2. The predicted molar refractivity (Wildman–Crippen MR) is 202 cm³/mol. The number of ketones is 1. The van der Waals surface area contributed by atoms with Gasteiger partial charge in [0.05, 0.1) is 18.3 Å². The summed E-state index contributed by atoms with van der Waals surface area (Å²) in [7, 11) is 0. The average molecular weight is 744 g/mol. The number of carbonyl (C=O) groups is 6. The summed E-state index contributed by atoms with van der Waals surface area (Å²) in [5.41, 5.74) is 0.182. The topological polar surface area (TPSA) is 180 Å². The third-order valence-electron chi connectivity index (χ3n) is 11.4. The number of Topliss-reactive ketones (excluding diaryl/α,β-unsaturated/α-hetero) is 1. The van der Waals surface area contributed by atoms with Gasteiger partial charge in [-0.1, -0.05) is 90.1 Å². The molecule has 13 nitrogen and oxygen atoms in total. The van der Waals surface area contributed by atoms with E-state index in [1.165, 1.54) is 18.6 Å². The lowest BCUT2D eigenvalue weighted by Gasteiger charge is -2.38. The quantitative estimate of drug-likeness (QED) is 0.209. The van der Waals surface area contributed by atoms with Crippen molar-refractivity contribution in [2.24, 2.45) is 23.2 Å². The fourth-order valence-corrected chi connectivity index (χ4v) is 8.48. The summed E-state index contributed by atoms with van der Waals surface area (Å²) in [6, 6.07) is 5.06. The van der Waals surface area contributed by atoms with Crippen LogP contribution in [0.15, 0.2) is 48.9 Å². The molecule has 2 heterocycles. The second-order valence-electron chi connectivity index (χ2n) is 16.4. The summed E-state index contributed by atoms with van der Waals surface area (Å²) in [6.07, 6.45) is 12.0. The van der Waals surface area contributed by atoms with Gasteiger partial charge in [0.15, 0.2) is 0 Å². The van der Waals surface area contributed by atoms with E-state index in [2.05, 4.69) is 31.2 Å². The summed E-state index contributed by atoms with van der Waals surface area (Å²) < 4.78 is 0. The lowest BCUT2D eigenvalue weighted by atomic mass is 9.82. The Morgan fingerprint density at radius 2 is 1.59 bits per heavy atom. The molecular weight excluding hydrogens is 686 g/mol. The smallest absolute Gasteiger partial charge is 0.290 e. The number of fused-ring (bicyclic) bond motifs is 1. The Morgan fingerprint density at radius 1 is 0.870 bits per heavy atom. The minimum absolute atomic E-state index is 0.0927. The third kappa shape index (κ3) is 9.70. The van der Waals surface area contributed by atoms with E-state index in [0.717, 1.165) is 56.9 Å². The van der Waals surface area contributed by atoms with E-state index in [1.54, 1.807) is 11.8 Å². The Labute approximate surface area is 318 Å². The van der Waals surface area contributed by atoms with Crippen molar-refractivity contribution in [3.63, 3.8) is 0 Å². The molecule has 5 rings (SSSR count). The Morgan fingerprint density at radius 3 is 2.24 bits per heavy atom. The first-order chi connectivity index (χ1) is 25.8. The largest absolute Gasteiger partial charge is 0.344 e. The number of aromatic nitrogens is 2. The van der Waals surface area contributed by atoms with Crippen molar-refractivity contribution in [3.05, 3.63) is 60.2 Å². The molecule has 1 aromatic heterocycles. The summed E-state index contributed by atoms with van der Waals surface area (Å²) in [5.74, 6) is -3.49. The number of likely N-dealkylation sites (tertiary alicyclic amines) is 1. The molecule has 5 amide bonds. The van der Waals surface area contributed by atoms with Gasteiger partial charge in [-0.15, -0.1) is 0 Å². The highest BCUT2D eigenvalue weighted by Crippen LogP contribution is 2.43. The third-order valence-corrected chi connectivity index (χ3v) is 11.4. The van der Waals surface area contributed by atoms with Crippen molar-refractivity contribution >= 4 is 35.3 Å². The van der Waals surface area contributed by atoms with Crippen LogP contribution >= 0.6 is 0 Å². The van der Waals surface area contributed by atoms with E-state index in [-0.39, 0.29) is 35.8 Å². The lowest BCUT2D eigenvalue weighted by Crippen LogP contribution is -2.62. The van der Waals surface area contributed by atoms with Crippen molar-refractivity contribution in [1.82, 2.24) is 36.1 Å². The maximum absolute atomic E-state index is 14.7. The van der Waals surface area contributed by atoms with Crippen LogP contribution in [-0.2, 0) is 24.0 Å². The number of hydrogen-bond acceptors (Lipinski definition) is 8. The van der Waals surface area contributed by atoms with Crippen molar-refractivity contribution < 1.29 is 28.8 Å². The van der Waals surface area contributed by atoms with Crippen molar-refractivity contribution in [1.29, 1.82) is 0 Å². The molecule has 0 spiro atoms. The first-order valence-electron chi connectivity index (χ1n) is 19.7. The monoisotopic (exact) mass is 743 g/mol. The number of hydrogen-bond donors (Lipinski definition) is 4. The van der Waals surface area contributed by atoms with Crippen LogP contribution in [0.5, 0.6) is 0 Å². The van der Waals surface area contributed by atoms with Gasteiger partial charge >= 0.3 is 0 Å². The maximum Gasteiger partial charge on any atom is 0.290 e. The summed E-state index contributed by atoms with van der Waals surface area (Å²) in [6.45, 7) is 9.61. The molecule has 54 heavy (non-hydrogen) atoms. The first kappa shape index (κ1) is 40.5. The molecule has 3 fully saturated rings. The molecule has 1 aromatic carbocycles. The number of benzene rings is 1. The number of nitrogens with zero attached hydrogens (tertiary/aromatic N) is 3. The second kappa shape index (κ2) is 18.1. The van der Waals surface area contributed by atoms with E-state index >= 15 is 0 Å². The minimum Gasteiger partial charge on any atom is -0.344 e. The summed E-state index contributed by atoms with van der Waals surface area (Å²) in [5, 5.41) is 11.6. The zero-order valence-electron chi connectivity index (χ0n) is 32.3. The number of amides is 5. The van der Waals surface area contributed by atoms with Gasteiger partial charge < -0.3 is 26.2 Å². The fraction of sp³-hybridized carbons (Fsp3) is 0.610. The van der Waals surface area contributed by atoms with E-state index in [9.17, 15) is 28.8 Å². The molecule has 0 radical (unpaired) electrons. The molecule has 1 aliphatic heterocycles. The molecule has 13 heteroatoms. The maximum atomic E-state index is 14.7. The Kier molecular flexibility index (Phi) is 13.6. The number of rotatable bonds is 14. The van der Waals surface area contributed by atoms with Crippen LogP contribution in [0.3, 0.4) is 0 Å². The van der Waals surface area contributed by atoms with E-state index in [0.29, 0.717) is 13.0 Å². The fourth-order valence-electron chi connectivity index (χ4n) is 8.48. The zero-order valence-corrected chi connectivity index (χ0v) is 32.3. The van der Waals surface area contributed by atoms with Crippen LogP contribution in [0, 0.1) is 23.2 Å². The number of nitrogens with one attached hydrogen (secondary N) is 4. The van der Waals surface area contributed by atoms with E-state index in [4.69, 9.17) is 0 Å². The summed E-state index contributed by atoms with van der Waals surface area (Å²) >= 11 is 0. The molecule has 3 aliphatic rings. The highest BCUT2D eigenvalue weighted by Gasteiger charge is 2.52. The van der Waals surface area contributed by atoms with Gasteiger partial charge in [0.1, 0.15) is 23.8 Å². The Bertz CT molecular complexity index is 1640. The molecule has 2 unspecified atom stereocenters. The van der Waals surface area contributed by atoms with Gasteiger partial charge in [-0.3, -0.25) is 33.8 Å². The van der Waals surface area contributed by atoms with Crippen LogP contribution in [0.25, 0.3) is 0 Å². The second-order valence-corrected chi connectivity index (χ2v) is 16.4. The van der Waals surface area contributed by atoms with E-state index < -0.39 is 65.0 Å². The molecule has 0 bridgehead atoms. The predicted octanol–water partition coefficient (Wildman–Crippen LogP) is 4.04. The van der Waals surface area contributed by atoms with Gasteiger partial charge in [0, 0.05) is 18.9 Å². The highest BCUT2D eigenvalue weighted by atomic mass is 16.2. The zero-order chi connectivity index (χ0) is 39.0. The Hall–Kier alpha value is -4.68. The van der Waals surface area contributed by atoms with Gasteiger partial charge in [0.2, 0.25) is 23.5 Å². The first-order valence-corrected chi connectivity index (χ1v) is 19.7. The van der Waals surface area contributed by atoms with E-state index in [1.807, 2.05) is 58.0 Å². The molecular formula is C41H57N7O6. The van der Waals surface area contributed by atoms with Gasteiger partial charge in [-0.2, -0.15) is 0 Å². The van der Waals surface area contributed by atoms with Gasteiger partial charge in [-0.05, 0) is 67.8 Å². The Balaban J connectivity index is 1.34. The van der Waals surface area contributed by atoms with Gasteiger partial charge in [-0.25, -0.2) is 4.98 Å². The van der Waals surface area contributed by atoms with Crippen molar-refractivity contribution in [2.45, 2.75) is 129 Å². The minimum atomic E-state index is -1.06. The van der Waals surface area contributed by atoms with Gasteiger partial charge in [0.25, 0.3) is 11.8 Å². The van der Waals surface area contributed by atoms with Crippen LogP contribution in [0.2, 0.25) is 0 Å². The van der Waals surface area contributed by atoms with Crippen LogP contribution < -0.4 is 21.3 Å². The lowest BCUT2D eigenvalue weighted by molar-refractivity contribution is -0.146. The standard InChI is InChI=1S/C41H57N7O6/c1-6-14-30(34(49)39(53)44-25(2)26-15-9-7-10-16-26)45-38(52)33-29-20-13-19-28(29)24-48(33)40(54)35(41(3,4)5)47-37(51)32(27-17-11-8-12-18-27)46-36(50)31-23-42-21-22-43-31/h7,9-10,15-16,21-23,25,27-30,32-33,35H,6,8,11-14,17-20,24H2,1-5H3,(H,44,53)(H,45,52)(H,46,50)(H,47,51)/t25-,28?,29?,30-,32-,33-,35+/m0/s1. The SMILES string of the molecule is CCC[C@H](NC(=O)[C@@H]1C2CCCC2CN1C(=O)[C@@H](NC(=O)[C@@H](NC(=O)c1cnccn1)C1CCCCC1)C(C)(C)C)C(=O)C(=O)N[C@@H](C)c1ccccc1. The van der Waals surface area contributed by atoms with Crippen molar-refractivity contribution in [2.75, 3.05) is 6.54 Å². The van der Waals surface area contributed by atoms with Crippen molar-refractivity contribution in [3.8, 4) is 0 Å². The number of carbonyl (C=O) groups excluding carboxylic acids is 6.